The Kier molecular flexibility index (Phi) is 2.49. The number of aliphatic hydroxyl groups excluding tert-OH is 1. The van der Waals surface area contributed by atoms with Crippen molar-refractivity contribution < 1.29 is 9.90 Å². The fraction of sp³-hybridized carbons (Fsp3) is 0.0833. The van der Waals surface area contributed by atoms with Crippen molar-refractivity contribution in [2.45, 2.75) is 6.04 Å². The van der Waals surface area contributed by atoms with Crippen LogP contribution in [0.4, 0.5) is 10.0 Å². The third kappa shape index (κ3) is 1.67. The van der Waals surface area contributed by atoms with Crippen LogP contribution in [0.25, 0.3) is 0 Å². The van der Waals surface area contributed by atoms with Crippen LogP contribution in [0, 0.1) is 0 Å². The zero-order chi connectivity index (χ0) is 11.8. The Balaban J connectivity index is 2.04. The predicted octanol–water partition coefficient (Wildman–Crippen LogP) is 3.34. The largest absolute Gasteiger partial charge is 0.509 e. The molecule has 5 heteroatoms. The van der Waals surface area contributed by atoms with Gasteiger partial charge in [0.1, 0.15) is 5.76 Å². The molecule has 1 unspecified atom stereocenters. The van der Waals surface area contributed by atoms with Crippen LogP contribution < -0.4 is 4.90 Å². The summed E-state index contributed by atoms with van der Waals surface area (Å²) < 4.78 is 0. The Bertz CT molecular complexity index is 523. The molecular weight excluding hydrogens is 254 g/mol. The number of aliphatic hydroxyl groups is 1. The first-order valence-corrected chi connectivity index (χ1v) is 6.84. The van der Waals surface area contributed by atoms with Gasteiger partial charge in [0.05, 0.1) is 10.0 Å². The van der Waals surface area contributed by atoms with Crippen molar-refractivity contribution in [1.82, 2.24) is 0 Å². The van der Waals surface area contributed by atoms with Gasteiger partial charge >= 0.3 is 0 Å². The number of carbonyl (C=O) groups excluding carboxylic acids is 1. The standard InChI is InChI=1S/C12H9NO2S2/c14-8-7-9(15)12(8)13(10-3-1-5-16-10)11-4-2-6-17-11/h1-7,12,14H. The lowest BCUT2D eigenvalue weighted by Gasteiger charge is -2.33. The fourth-order valence-electron chi connectivity index (χ4n) is 1.79. The van der Waals surface area contributed by atoms with Crippen LogP contribution in [-0.4, -0.2) is 16.9 Å². The zero-order valence-electron chi connectivity index (χ0n) is 8.74. The van der Waals surface area contributed by atoms with Gasteiger partial charge in [-0.05, 0) is 35.0 Å². The highest BCUT2D eigenvalue weighted by molar-refractivity contribution is 7.16. The molecule has 2 aromatic heterocycles. The van der Waals surface area contributed by atoms with Crippen LogP contribution in [0.3, 0.4) is 0 Å². The maximum atomic E-state index is 11.6. The Morgan fingerprint density at radius 2 is 1.71 bits per heavy atom. The summed E-state index contributed by atoms with van der Waals surface area (Å²) in [5.74, 6) is 0.0844. The molecule has 0 fully saturated rings. The highest BCUT2D eigenvalue weighted by atomic mass is 32.1. The molecule has 17 heavy (non-hydrogen) atoms. The molecule has 2 heterocycles. The fourth-order valence-corrected chi connectivity index (χ4v) is 3.39. The molecule has 0 amide bonds. The number of hydrogen-bond acceptors (Lipinski definition) is 5. The van der Waals surface area contributed by atoms with E-state index in [1.54, 1.807) is 22.7 Å². The van der Waals surface area contributed by atoms with Crippen LogP contribution in [0.1, 0.15) is 0 Å². The van der Waals surface area contributed by atoms with Gasteiger partial charge < -0.3 is 10.0 Å². The lowest BCUT2D eigenvalue weighted by atomic mass is 9.98. The average molecular weight is 263 g/mol. The molecule has 1 atom stereocenters. The van der Waals surface area contributed by atoms with Crippen LogP contribution in [-0.2, 0) is 4.79 Å². The first kappa shape index (κ1) is 10.6. The average Bonchev–Trinajstić information content (AvgIpc) is 2.99. The van der Waals surface area contributed by atoms with E-state index in [-0.39, 0.29) is 11.5 Å². The summed E-state index contributed by atoms with van der Waals surface area (Å²) in [7, 11) is 0. The smallest absolute Gasteiger partial charge is 0.189 e. The summed E-state index contributed by atoms with van der Waals surface area (Å²) in [6.45, 7) is 0. The van der Waals surface area contributed by atoms with Crippen LogP contribution >= 0.6 is 22.7 Å². The van der Waals surface area contributed by atoms with Gasteiger partial charge in [0.25, 0.3) is 0 Å². The molecule has 2 aromatic rings. The third-order valence-electron chi connectivity index (χ3n) is 2.59. The van der Waals surface area contributed by atoms with E-state index < -0.39 is 6.04 Å². The zero-order valence-corrected chi connectivity index (χ0v) is 10.4. The number of carbonyl (C=O) groups is 1. The molecule has 3 nitrogen and oxygen atoms in total. The monoisotopic (exact) mass is 263 g/mol. The number of hydrogen-bond donors (Lipinski definition) is 1. The van der Waals surface area contributed by atoms with E-state index >= 15 is 0 Å². The summed E-state index contributed by atoms with van der Waals surface area (Å²) in [5.41, 5.74) is 0. The molecule has 0 radical (unpaired) electrons. The van der Waals surface area contributed by atoms with E-state index in [9.17, 15) is 9.90 Å². The molecule has 0 saturated heterocycles. The van der Waals surface area contributed by atoms with Crippen molar-refractivity contribution in [2.24, 2.45) is 0 Å². The number of thiophene rings is 2. The minimum absolute atomic E-state index is 0.0516. The van der Waals surface area contributed by atoms with Crippen molar-refractivity contribution in [3.05, 3.63) is 46.9 Å². The molecule has 86 valence electrons. The first-order valence-electron chi connectivity index (χ1n) is 5.08. The van der Waals surface area contributed by atoms with Crippen molar-refractivity contribution >= 4 is 38.5 Å². The molecule has 0 aliphatic heterocycles. The minimum Gasteiger partial charge on any atom is -0.509 e. The summed E-state index contributed by atoms with van der Waals surface area (Å²) >= 11 is 3.11. The maximum Gasteiger partial charge on any atom is 0.189 e. The molecule has 0 saturated carbocycles. The summed E-state index contributed by atoms with van der Waals surface area (Å²) in [6, 6.07) is 7.22. The van der Waals surface area contributed by atoms with Gasteiger partial charge in [-0.1, -0.05) is 0 Å². The molecule has 0 aromatic carbocycles. The van der Waals surface area contributed by atoms with Gasteiger partial charge in [-0.3, -0.25) is 4.79 Å². The Morgan fingerprint density at radius 1 is 1.12 bits per heavy atom. The quantitative estimate of drug-likeness (QED) is 0.923. The second-order valence-electron chi connectivity index (χ2n) is 3.65. The van der Waals surface area contributed by atoms with Gasteiger partial charge in [0, 0.05) is 6.08 Å². The van der Waals surface area contributed by atoms with E-state index in [1.807, 2.05) is 39.9 Å². The SMILES string of the molecule is O=C1C=C(O)C1N(c1cccs1)c1cccs1. The van der Waals surface area contributed by atoms with E-state index in [0.717, 1.165) is 10.0 Å². The Hall–Kier alpha value is -1.59. The van der Waals surface area contributed by atoms with Crippen molar-refractivity contribution in [2.75, 3.05) is 4.90 Å². The lowest BCUT2D eigenvalue weighted by molar-refractivity contribution is -0.117. The van der Waals surface area contributed by atoms with Gasteiger partial charge in [0.2, 0.25) is 0 Å². The molecule has 0 spiro atoms. The van der Waals surface area contributed by atoms with Gasteiger partial charge in [-0.15, -0.1) is 22.7 Å². The van der Waals surface area contributed by atoms with Gasteiger partial charge in [-0.25, -0.2) is 0 Å². The van der Waals surface area contributed by atoms with E-state index in [1.165, 1.54) is 6.08 Å². The van der Waals surface area contributed by atoms with Crippen molar-refractivity contribution in [3.8, 4) is 0 Å². The molecule has 1 aliphatic carbocycles. The van der Waals surface area contributed by atoms with Crippen LogP contribution in [0.15, 0.2) is 46.9 Å². The van der Waals surface area contributed by atoms with Gasteiger partial charge in [-0.2, -0.15) is 0 Å². The molecular formula is C12H9NO2S2. The second-order valence-corrected chi connectivity index (χ2v) is 5.50. The minimum atomic E-state index is -0.549. The summed E-state index contributed by atoms with van der Waals surface area (Å²) in [4.78, 5) is 13.5. The Labute approximate surface area is 106 Å². The molecule has 3 rings (SSSR count). The highest BCUT2D eigenvalue weighted by Crippen LogP contribution is 2.38. The van der Waals surface area contributed by atoms with E-state index in [2.05, 4.69) is 0 Å². The van der Waals surface area contributed by atoms with E-state index in [0.29, 0.717) is 0 Å². The van der Waals surface area contributed by atoms with E-state index in [4.69, 9.17) is 0 Å². The maximum absolute atomic E-state index is 11.6. The summed E-state index contributed by atoms with van der Waals surface area (Å²) in [6.07, 6.45) is 1.28. The molecule has 1 N–H and O–H groups in total. The molecule has 0 bridgehead atoms. The predicted molar refractivity (Wildman–Crippen MR) is 70.3 cm³/mol. The van der Waals surface area contributed by atoms with Gasteiger partial charge in [0.15, 0.2) is 11.8 Å². The normalized spacial score (nSPS) is 18.7. The third-order valence-corrected chi connectivity index (χ3v) is 4.32. The Morgan fingerprint density at radius 3 is 2.06 bits per heavy atom. The number of anilines is 2. The second kappa shape index (κ2) is 4.01. The number of nitrogens with zero attached hydrogens (tertiary/aromatic N) is 1. The van der Waals surface area contributed by atoms with Crippen LogP contribution in [0.5, 0.6) is 0 Å². The highest BCUT2D eigenvalue weighted by Gasteiger charge is 2.38. The number of rotatable bonds is 3. The van der Waals surface area contributed by atoms with Crippen LogP contribution in [0.2, 0.25) is 0 Å². The number of ketones is 1. The van der Waals surface area contributed by atoms with Crippen molar-refractivity contribution in [3.63, 3.8) is 0 Å². The van der Waals surface area contributed by atoms with Crippen molar-refractivity contribution in [1.29, 1.82) is 0 Å². The summed E-state index contributed by atoms with van der Waals surface area (Å²) in [5, 5.41) is 15.5. The molecule has 1 aliphatic rings. The lowest BCUT2D eigenvalue weighted by Crippen LogP contribution is -2.44. The first-order chi connectivity index (χ1) is 8.27. The topological polar surface area (TPSA) is 40.5 Å².